The second-order valence-electron chi connectivity index (χ2n) is 3.78. The molecule has 0 amide bonds. The molecule has 1 aliphatic rings. The van der Waals surface area contributed by atoms with Crippen LogP contribution in [0, 0.1) is 6.92 Å². The summed E-state index contributed by atoms with van der Waals surface area (Å²) in [4.78, 5) is 18.0. The van der Waals surface area contributed by atoms with E-state index in [0.717, 1.165) is 18.5 Å². The number of H-pyrrole nitrogens is 1. The number of hydrogen-bond acceptors (Lipinski definition) is 3. The van der Waals surface area contributed by atoms with Crippen LogP contribution in [0.25, 0.3) is 0 Å². The van der Waals surface area contributed by atoms with E-state index in [1.807, 2.05) is 0 Å². The molecule has 5 heteroatoms. The fourth-order valence-corrected chi connectivity index (χ4v) is 1.95. The summed E-state index contributed by atoms with van der Waals surface area (Å²) in [6.45, 7) is 3.17. The molecule has 0 spiro atoms. The number of carbonyl (C=O) groups is 1. The summed E-state index contributed by atoms with van der Waals surface area (Å²) in [6, 6.07) is 0. The Bertz CT molecular complexity index is 367. The van der Waals surface area contributed by atoms with Crippen molar-refractivity contribution in [1.82, 2.24) is 9.97 Å². The van der Waals surface area contributed by atoms with Crippen LogP contribution in [0.2, 0.25) is 0 Å². The van der Waals surface area contributed by atoms with E-state index in [9.17, 15) is 4.79 Å². The minimum Gasteiger partial charge on any atom is -0.476 e. The molecule has 0 unspecified atom stereocenters. The van der Waals surface area contributed by atoms with Crippen molar-refractivity contribution in [3.8, 4) is 0 Å². The first-order valence-corrected chi connectivity index (χ1v) is 5.06. The van der Waals surface area contributed by atoms with Gasteiger partial charge in [-0.1, -0.05) is 0 Å². The number of nitrogens with zero attached hydrogens (tertiary/aromatic N) is 1. The molecular formula is C10H14N2O3. The van der Waals surface area contributed by atoms with Crippen LogP contribution in [-0.4, -0.2) is 34.3 Å². The summed E-state index contributed by atoms with van der Waals surface area (Å²) in [5, 5.41) is 9.00. The van der Waals surface area contributed by atoms with Gasteiger partial charge < -0.3 is 14.8 Å². The smallest absolute Gasteiger partial charge is 0.356 e. The van der Waals surface area contributed by atoms with Crippen molar-refractivity contribution in [2.24, 2.45) is 0 Å². The van der Waals surface area contributed by atoms with Gasteiger partial charge in [-0.3, -0.25) is 0 Å². The molecule has 15 heavy (non-hydrogen) atoms. The number of nitrogens with one attached hydrogen (secondary N) is 1. The van der Waals surface area contributed by atoms with E-state index in [0.29, 0.717) is 19.0 Å². The maximum atomic E-state index is 11.0. The Morgan fingerprint density at radius 3 is 2.80 bits per heavy atom. The third kappa shape index (κ3) is 2.02. The van der Waals surface area contributed by atoms with Crippen molar-refractivity contribution in [3.63, 3.8) is 0 Å². The highest BCUT2D eigenvalue weighted by Gasteiger charge is 2.24. The van der Waals surface area contributed by atoms with Crippen molar-refractivity contribution in [1.29, 1.82) is 0 Å². The van der Waals surface area contributed by atoms with E-state index in [-0.39, 0.29) is 11.6 Å². The van der Waals surface area contributed by atoms with Crippen LogP contribution in [0.3, 0.4) is 0 Å². The number of aromatic carboxylic acids is 1. The normalized spacial score (nSPS) is 17.9. The summed E-state index contributed by atoms with van der Waals surface area (Å²) in [6.07, 6.45) is 1.73. The van der Waals surface area contributed by atoms with Gasteiger partial charge in [0.2, 0.25) is 0 Å². The molecule has 5 nitrogen and oxygen atoms in total. The van der Waals surface area contributed by atoms with Crippen molar-refractivity contribution in [3.05, 3.63) is 17.2 Å². The summed E-state index contributed by atoms with van der Waals surface area (Å²) in [5.41, 5.74) is 0.919. The lowest BCUT2D eigenvalue weighted by Gasteiger charge is -2.21. The summed E-state index contributed by atoms with van der Waals surface area (Å²) >= 11 is 0. The van der Waals surface area contributed by atoms with Crippen molar-refractivity contribution in [2.75, 3.05) is 13.2 Å². The zero-order chi connectivity index (χ0) is 10.8. The number of hydrogen-bond donors (Lipinski definition) is 2. The molecule has 2 N–H and O–H groups in total. The molecule has 1 fully saturated rings. The Hall–Kier alpha value is -1.36. The molecule has 1 aromatic heterocycles. The molecule has 0 saturated carbocycles. The molecule has 0 atom stereocenters. The minimum absolute atomic E-state index is 0.166. The largest absolute Gasteiger partial charge is 0.476 e. The minimum atomic E-state index is -0.958. The molecule has 0 aliphatic carbocycles. The topological polar surface area (TPSA) is 75.2 Å². The summed E-state index contributed by atoms with van der Waals surface area (Å²) < 4.78 is 5.25. The quantitative estimate of drug-likeness (QED) is 0.771. The number of carboxylic acid groups (broad SMARTS) is 1. The van der Waals surface area contributed by atoms with Crippen LogP contribution in [-0.2, 0) is 4.74 Å². The SMILES string of the molecule is Cc1nc(C(=O)O)c(C2CCOCC2)[nH]1. The molecule has 0 radical (unpaired) electrons. The first-order chi connectivity index (χ1) is 7.18. The Balaban J connectivity index is 2.28. The molecule has 1 aliphatic heterocycles. The highest BCUT2D eigenvalue weighted by Crippen LogP contribution is 2.27. The third-order valence-electron chi connectivity index (χ3n) is 2.68. The molecular weight excluding hydrogens is 196 g/mol. The number of rotatable bonds is 2. The predicted octanol–water partition coefficient (Wildman–Crippen LogP) is 1.31. The van der Waals surface area contributed by atoms with Crippen LogP contribution in [0.5, 0.6) is 0 Å². The number of aryl methyl sites for hydroxylation is 1. The first-order valence-electron chi connectivity index (χ1n) is 5.06. The van der Waals surface area contributed by atoms with Crippen LogP contribution < -0.4 is 0 Å². The van der Waals surface area contributed by atoms with E-state index in [1.54, 1.807) is 6.92 Å². The van der Waals surface area contributed by atoms with Crippen molar-refractivity contribution >= 4 is 5.97 Å². The standard InChI is InChI=1S/C10H14N2O3/c1-6-11-8(9(12-6)10(13)14)7-2-4-15-5-3-7/h7H,2-5H2,1H3,(H,11,12)(H,13,14). The predicted molar refractivity (Wildman–Crippen MR) is 53.1 cm³/mol. The maximum Gasteiger partial charge on any atom is 0.356 e. The molecule has 82 valence electrons. The highest BCUT2D eigenvalue weighted by atomic mass is 16.5. The van der Waals surface area contributed by atoms with Crippen LogP contribution >= 0.6 is 0 Å². The van der Waals surface area contributed by atoms with E-state index in [1.165, 1.54) is 0 Å². The Morgan fingerprint density at radius 2 is 2.20 bits per heavy atom. The Kier molecular flexibility index (Phi) is 2.73. The molecule has 2 rings (SSSR count). The maximum absolute atomic E-state index is 11.0. The molecule has 1 saturated heterocycles. The number of carboxylic acids is 1. The first kappa shape index (κ1) is 10.2. The molecule has 0 bridgehead atoms. The third-order valence-corrected chi connectivity index (χ3v) is 2.68. The van der Waals surface area contributed by atoms with Gasteiger partial charge in [0, 0.05) is 19.1 Å². The zero-order valence-corrected chi connectivity index (χ0v) is 8.62. The monoisotopic (exact) mass is 210 g/mol. The van der Waals surface area contributed by atoms with E-state index >= 15 is 0 Å². The lowest BCUT2D eigenvalue weighted by atomic mass is 9.95. The Morgan fingerprint density at radius 1 is 1.53 bits per heavy atom. The fourth-order valence-electron chi connectivity index (χ4n) is 1.95. The molecule has 2 heterocycles. The van der Waals surface area contributed by atoms with E-state index in [2.05, 4.69) is 9.97 Å². The van der Waals surface area contributed by atoms with Crippen molar-refractivity contribution < 1.29 is 14.6 Å². The highest BCUT2D eigenvalue weighted by molar-refractivity contribution is 5.87. The Labute approximate surface area is 87.5 Å². The van der Waals surface area contributed by atoms with Crippen LogP contribution in [0.15, 0.2) is 0 Å². The lowest BCUT2D eigenvalue weighted by molar-refractivity contribution is 0.0678. The molecule has 0 aromatic carbocycles. The van der Waals surface area contributed by atoms with Gasteiger partial charge >= 0.3 is 5.97 Å². The van der Waals surface area contributed by atoms with Gasteiger partial charge in [0.1, 0.15) is 5.82 Å². The summed E-state index contributed by atoms with van der Waals surface area (Å²) in [5.74, 6) is -0.0548. The second-order valence-corrected chi connectivity index (χ2v) is 3.78. The van der Waals surface area contributed by atoms with Gasteiger partial charge in [-0.15, -0.1) is 0 Å². The van der Waals surface area contributed by atoms with Gasteiger partial charge in [0.05, 0.1) is 5.69 Å². The van der Waals surface area contributed by atoms with Gasteiger partial charge in [-0.2, -0.15) is 0 Å². The number of aromatic amines is 1. The van der Waals surface area contributed by atoms with Gasteiger partial charge in [0.25, 0.3) is 0 Å². The van der Waals surface area contributed by atoms with Gasteiger partial charge in [0.15, 0.2) is 5.69 Å². The van der Waals surface area contributed by atoms with Gasteiger partial charge in [-0.05, 0) is 19.8 Å². The van der Waals surface area contributed by atoms with Gasteiger partial charge in [-0.25, -0.2) is 9.78 Å². The van der Waals surface area contributed by atoms with E-state index < -0.39 is 5.97 Å². The lowest BCUT2D eigenvalue weighted by Crippen LogP contribution is -2.16. The zero-order valence-electron chi connectivity index (χ0n) is 8.62. The van der Waals surface area contributed by atoms with Crippen LogP contribution in [0.4, 0.5) is 0 Å². The average molecular weight is 210 g/mol. The summed E-state index contributed by atoms with van der Waals surface area (Å²) in [7, 11) is 0. The number of aromatic nitrogens is 2. The van der Waals surface area contributed by atoms with E-state index in [4.69, 9.17) is 9.84 Å². The molecule has 1 aromatic rings. The fraction of sp³-hybridized carbons (Fsp3) is 0.600. The van der Waals surface area contributed by atoms with Crippen molar-refractivity contribution in [2.45, 2.75) is 25.7 Å². The number of ether oxygens (including phenoxy) is 1. The second kappa shape index (κ2) is 4.02. The number of imidazole rings is 1. The average Bonchev–Trinajstić information content (AvgIpc) is 2.62. The van der Waals surface area contributed by atoms with Crippen LogP contribution in [0.1, 0.15) is 40.8 Å².